The Bertz CT molecular complexity index is 367. The van der Waals surface area contributed by atoms with Gasteiger partial charge < -0.3 is 15.5 Å². The summed E-state index contributed by atoms with van der Waals surface area (Å²) < 4.78 is 0. The molecule has 0 amide bonds. The lowest BCUT2D eigenvalue weighted by atomic mass is 10.1. The van der Waals surface area contributed by atoms with E-state index >= 15 is 0 Å². The molecule has 0 radical (unpaired) electrons. The number of hydrogen-bond acceptors (Lipinski definition) is 3. The minimum atomic E-state index is 0. The monoisotopic (exact) mass is 410 g/mol. The maximum atomic E-state index is 4.24. The molecule has 2 N–H and O–H groups in total. The molecule has 0 spiro atoms. The molecule has 0 saturated carbocycles. The van der Waals surface area contributed by atoms with Gasteiger partial charge in [0.1, 0.15) is 0 Å². The summed E-state index contributed by atoms with van der Waals surface area (Å²) >= 11 is 1.75. The van der Waals surface area contributed by atoms with Crippen LogP contribution in [0.5, 0.6) is 0 Å². The topological polar surface area (TPSA) is 39.7 Å². The second kappa shape index (κ2) is 11.3. The van der Waals surface area contributed by atoms with E-state index in [0.29, 0.717) is 5.92 Å². The Morgan fingerprint density at radius 1 is 1.45 bits per heavy atom. The predicted molar refractivity (Wildman–Crippen MR) is 101 cm³/mol. The van der Waals surface area contributed by atoms with E-state index in [0.717, 1.165) is 32.1 Å². The molecule has 0 aromatic carbocycles. The number of thiophene rings is 1. The van der Waals surface area contributed by atoms with Gasteiger partial charge >= 0.3 is 0 Å². The lowest BCUT2D eigenvalue weighted by molar-refractivity contribution is 0.357. The van der Waals surface area contributed by atoms with Crippen molar-refractivity contribution in [2.45, 2.75) is 19.8 Å². The summed E-state index contributed by atoms with van der Waals surface area (Å²) in [7, 11) is 3.94. The first-order valence-electron chi connectivity index (χ1n) is 6.82. The Hall–Kier alpha value is -0.340. The van der Waals surface area contributed by atoms with Crippen LogP contribution < -0.4 is 10.6 Å². The highest BCUT2D eigenvalue weighted by Crippen LogP contribution is 2.16. The average molecular weight is 410 g/mol. The summed E-state index contributed by atoms with van der Waals surface area (Å²) in [6, 6.07) is 2.18. The molecule has 1 atom stereocenters. The molecule has 1 aromatic rings. The van der Waals surface area contributed by atoms with Crippen LogP contribution in [0.3, 0.4) is 0 Å². The molecule has 6 heteroatoms. The lowest BCUT2D eigenvalue weighted by Gasteiger charge is -2.18. The Morgan fingerprint density at radius 3 is 2.75 bits per heavy atom. The zero-order chi connectivity index (χ0) is 14.1. The van der Waals surface area contributed by atoms with Gasteiger partial charge in [-0.05, 0) is 41.9 Å². The van der Waals surface area contributed by atoms with E-state index < -0.39 is 0 Å². The molecule has 1 rings (SSSR count). The summed E-state index contributed by atoms with van der Waals surface area (Å²) in [6.07, 6.45) is 0. The van der Waals surface area contributed by atoms with Crippen LogP contribution in [0, 0.1) is 0 Å². The number of guanidine groups is 1. The molecule has 1 aromatic heterocycles. The number of aliphatic imine (C=N–C) groups is 1. The zero-order valence-corrected chi connectivity index (χ0v) is 16.0. The van der Waals surface area contributed by atoms with Crippen LogP contribution in [0.25, 0.3) is 0 Å². The van der Waals surface area contributed by atoms with Crippen molar-refractivity contribution >= 4 is 41.3 Å². The fourth-order valence-electron chi connectivity index (χ4n) is 1.67. The lowest BCUT2D eigenvalue weighted by Crippen LogP contribution is -2.42. The van der Waals surface area contributed by atoms with Crippen molar-refractivity contribution in [3.8, 4) is 0 Å². The highest BCUT2D eigenvalue weighted by Gasteiger charge is 2.06. The summed E-state index contributed by atoms with van der Waals surface area (Å²) in [5.74, 6) is 1.38. The van der Waals surface area contributed by atoms with Gasteiger partial charge in [-0.25, -0.2) is 0 Å². The summed E-state index contributed by atoms with van der Waals surface area (Å²) in [6.45, 7) is 8.31. The number of hydrogen-bond donors (Lipinski definition) is 2. The second-order valence-corrected chi connectivity index (χ2v) is 5.51. The third-order valence-electron chi connectivity index (χ3n) is 3.24. The smallest absolute Gasteiger partial charge is 0.191 e. The van der Waals surface area contributed by atoms with Crippen LogP contribution in [-0.4, -0.2) is 51.1 Å². The fourth-order valence-corrected chi connectivity index (χ4v) is 2.45. The molecule has 0 bridgehead atoms. The van der Waals surface area contributed by atoms with Crippen LogP contribution >= 0.6 is 35.3 Å². The first-order chi connectivity index (χ1) is 9.17. The van der Waals surface area contributed by atoms with E-state index in [1.807, 2.05) is 7.05 Å². The fraction of sp³-hybridized carbons (Fsp3) is 0.643. The van der Waals surface area contributed by atoms with Crippen molar-refractivity contribution < 1.29 is 0 Å². The van der Waals surface area contributed by atoms with E-state index in [2.05, 4.69) is 58.2 Å². The molecule has 1 unspecified atom stereocenters. The van der Waals surface area contributed by atoms with Crippen molar-refractivity contribution in [2.75, 3.05) is 40.3 Å². The minimum absolute atomic E-state index is 0. The third kappa shape index (κ3) is 7.44. The maximum absolute atomic E-state index is 4.24. The molecule has 0 aliphatic carbocycles. The number of nitrogens with one attached hydrogen (secondary N) is 2. The largest absolute Gasteiger partial charge is 0.356 e. The Morgan fingerprint density at radius 2 is 2.20 bits per heavy atom. The SMILES string of the molecule is CCN(C)CCNC(=NC)NCC(C)c1ccsc1.I. The molecular formula is C14H27IN4S. The molecular weight excluding hydrogens is 383 g/mol. The van der Waals surface area contributed by atoms with E-state index in [1.165, 1.54) is 5.56 Å². The van der Waals surface area contributed by atoms with Gasteiger partial charge in [0, 0.05) is 26.7 Å². The Labute approximate surface area is 144 Å². The Kier molecular flexibility index (Phi) is 11.1. The molecule has 0 aliphatic heterocycles. The molecule has 1 heterocycles. The van der Waals surface area contributed by atoms with Crippen molar-refractivity contribution in [1.29, 1.82) is 0 Å². The van der Waals surface area contributed by atoms with Crippen LogP contribution in [0.1, 0.15) is 25.3 Å². The summed E-state index contributed by atoms with van der Waals surface area (Å²) in [4.78, 5) is 6.51. The molecule has 0 aliphatic rings. The number of likely N-dealkylation sites (N-methyl/N-ethyl adjacent to an activating group) is 1. The standard InChI is InChI=1S/C14H26N4S.HI/c1-5-18(4)8-7-16-14(15-3)17-10-12(2)13-6-9-19-11-13;/h6,9,11-12H,5,7-8,10H2,1-4H3,(H2,15,16,17);1H. The van der Waals surface area contributed by atoms with Gasteiger partial charge in [-0.2, -0.15) is 11.3 Å². The summed E-state index contributed by atoms with van der Waals surface area (Å²) in [5, 5.41) is 11.0. The third-order valence-corrected chi connectivity index (χ3v) is 3.94. The van der Waals surface area contributed by atoms with E-state index in [4.69, 9.17) is 0 Å². The predicted octanol–water partition coefficient (Wildman–Crippen LogP) is 2.59. The van der Waals surface area contributed by atoms with Gasteiger partial charge in [0.15, 0.2) is 5.96 Å². The second-order valence-electron chi connectivity index (χ2n) is 4.73. The van der Waals surface area contributed by atoms with Crippen LogP contribution in [0.15, 0.2) is 21.8 Å². The first kappa shape index (κ1) is 19.7. The van der Waals surface area contributed by atoms with Crippen molar-refractivity contribution in [3.05, 3.63) is 22.4 Å². The van der Waals surface area contributed by atoms with Gasteiger partial charge in [0.2, 0.25) is 0 Å². The summed E-state index contributed by atoms with van der Waals surface area (Å²) in [5.41, 5.74) is 1.39. The Balaban J connectivity index is 0.00000361. The van der Waals surface area contributed by atoms with Gasteiger partial charge in [-0.15, -0.1) is 24.0 Å². The molecule has 20 heavy (non-hydrogen) atoms. The van der Waals surface area contributed by atoms with Gasteiger partial charge in [-0.1, -0.05) is 13.8 Å². The van der Waals surface area contributed by atoms with E-state index in [9.17, 15) is 0 Å². The molecule has 4 nitrogen and oxygen atoms in total. The van der Waals surface area contributed by atoms with Gasteiger partial charge in [0.05, 0.1) is 0 Å². The van der Waals surface area contributed by atoms with E-state index in [1.54, 1.807) is 11.3 Å². The highest BCUT2D eigenvalue weighted by atomic mass is 127. The van der Waals surface area contributed by atoms with Gasteiger partial charge in [-0.3, -0.25) is 4.99 Å². The first-order valence-corrected chi connectivity index (χ1v) is 7.76. The quantitative estimate of drug-likeness (QED) is 0.413. The zero-order valence-electron chi connectivity index (χ0n) is 12.8. The van der Waals surface area contributed by atoms with Crippen LogP contribution in [0.4, 0.5) is 0 Å². The minimum Gasteiger partial charge on any atom is -0.356 e. The van der Waals surface area contributed by atoms with Crippen molar-refractivity contribution in [1.82, 2.24) is 15.5 Å². The van der Waals surface area contributed by atoms with Gasteiger partial charge in [0.25, 0.3) is 0 Å². The van der Waals surface area contributed by atoms with Crippen molar-refractivity contribution in [3.63, 3.8) is 0 Å². The maximum Gasteiger partial charge on any atom is 0.191 e. The molecule has 116 valence electrons. The average Bonchev–Trinajstić information content (AvgIpc) is 2.96. The van der Waals surface area contributed by atoms with Crippen molar-refractivity contribution in [2.24, 2.45) is 4.99 Å². The highest BCUT2D eigenvalue weighted by molar-refractivity contribution is 14.0. The molecule has 0 fully saturated rings. The number of halogens is 1. The molecule has 0 saturated heterocycles. The van der Waals surface area contributed by atoms with Crippen LogP contribution in [0.2, 0.25) is 0 Å². The number of rotatable bonds is 7. The van der Waals surface area contributed by atoms with E-state index in [-0.39, 0.29) is 24.0 Å². The van der Waals surface area contributed by atoms with Crippen LogP contribution in [-0.2, 0) is 0 Å². The number of nitrogens with zero attached hydrogens (tertiary/aromatic N) is 2. The normalized spacial score (nSPS) is 12.9.